The van der Waals surface area contributed by atoms with Crippen LogP contribution in [0.25, 0.3) is 11.0 Å². The van der Waals surface area contributed by atoms with Crippen molar-refractivity contribution in [1.82, 2.24) is 0 Å². The van der Waals surface area contributed by atoms with E-state index >= 15 is 0 Å². The molecule has 4 heterocycles. The summed E-state index contributed by atoms with van der Waals surface area (Å²) in [5, 5.41) is 0.746. The van der Waals surface area contributed by atoms with Crippen molar-refractivity contribution in [3.63, 3.8) is 0 Å². The van der Waals surface area contributed by atoms with E-state index in [1.165, 1.54) is 0 Å². The van der Waals surface area contributed by atoms with E-state index in [9.17, 15) is 4.79 Å². The Morgan fingerprint density at radius 2 is 1.78 bits per heavy atom. The second-order valence-corrected chi connectivity index (χ2v) is 6.86. The molecule has 2 aromatic heterocycles. The summed E-state index contributed by atoms with van der Waals surface area (Å²) in [5.41, 5.74) is 1.60. The molecule has 0 spiro atoms. The molecule has 5 heteroatoms. The van der Waals surface area contributed by atoms with E-state index in [2.05, 4.69) is 0 Å². The van der Waals surface area contributed by atoms with Crippen LogP contribution in [0.2, 0.25) is 0 Å². The second kappa shape index (κ2) is 5.04. The van der Waals surface area contributed by atoms with Crippen LogP contribution in [-0.4, -0.2) is 0 Å². The third-order valence-electron chi connectivity index (χ3n) is 5.35. The fraction of sp³-hybridized carbons (Fsp3) is 0.136. The number of hydrogen-bond acceptors (Lipinski definition) is 5. The smallest absolute Gasteiger partial charge is 0.343 e. The average molecular weight is 358 g/mol. The predicted molar refractivity (Wildman–Crippen MR) is 97.0 cm³/mol. The Kier molecular flexibility index (Phi) is 2.74. The highest BCUT2D eigenvalue weighted by atomic mass is 16.7. The van der Waals surface area contributed by atoms with Crippen molar-refractivity contribution in [1.29, 1.82) is 0 Å². The quantitative estimate of drug-likeness (QED) is 0.467. The summed E-state index contributed by atoms with van der Waals surface area (Å²) in [7, 11) is 0. The number of fused-ring (bicyclic) bond motifs is 8. The van der Waals surface area contributed by atoms with E-state index in [-0.39, 0.29) is 11.5 Å². The minimum Gasteiger partial charge on any atom is -0.461 e. The first kappa shape index (κ1) is 14.7. The molecular weight excluding hydrogens is 344 g/mol. The van der Waals surface area contributed by atoms with Crippen LogP contribution in [0.4, 0.5) is 0 Å². The third kappa shape index (κ3) is 1.91. The standard InChI is InChI=1S/C22H14O5/c23-21-19-15-12-22(18-10-5-11-24-18,26-17-9-4-1-6-13(15)17)27-20(19)14-7-2-3-8-16(14)25-21/h1-11,15H,12H2/t15-,22-/m0/s1. The molecule has 132 valence electrons. The van der Waals surface area contributed by atoms with Crippen molar-refractivity contribution in [2.24, 2.45) is 0 Å². The topological polar surface area (TPSA) is 61.8 Å². The number of benzene rings is 2. The molecule has 5 nitrogen and oxygen atoms in total. The fourth-order valence-corrected chi connectivity index (χ4v) is 4.19. The molecule has 27 heavy (non-hydrogen) atoms. The summed E-state index contributed by atoms with van der Waals surface area (Å²) in [6.45, 7) is 0. The van der Waals surface area contributed by atoms with Gasteiger partial charge in [0.1, 0.15) is 17.1 Å². The highest BCUT2D eigenvalue weighted by Crippen LogP contribution is 2.55. The third-order valence-corrected chi connectivity index (χ3v) is 5.35. The zero-order valence-electron chi connectivity index (χ0n) is 14.2. The highest BCUT2D eigenvalue weighted by Gasteiger charge is 2.53. The van der Waals surface area contributed by atoms with Crippen LogP contribution in [-0.2, 0) is 5.79 Å². The molecule has 2 atom stereocenters. The molecular formula is C22H14O5. The van der Waals surface area contributed by atoms with Gasteiger partial charge in [-0.25, -0.2) is 4.79 Å². The number of ether oxygens (including phenoxy) is 2. The Bertz CT molecular complexity index is 1240. The van der Waals surface area contributed by atoms with E-state index in [1.54, 1.807) is 18.4 Å². The second-order valence-electron chi connectivity index (χ2n) is 6.86. The average Bonchev–Trinajstić information content (AvgIpc) is 3.23. The molecule has 2 aliphatic rings. The normalized spacial score (nSPS) is 22.4. The van der Waals surface area contributed by atoms with Gasteiger partial charge in [0.25, 0.3) is 0 Å². The van der Waals surface area contributed by atoms with Gasteiger partial charge in [-0.2, -0.15) is 0 Å². The maximum atomic E-state index is 12.9. The molecule has 6 rings (SSSR count). The van der Waals surface area contributed by atoms with Crippen molar-refractivity contribution in [3.05, 3.63) is 94.2 Å². The summed E-state index contributed by atoms with van der Waals surface area (Å²) in [6.07, 6.45) is 2.03. The minimum absolute atomic E-state index is 0.204. The highest BCUT2D eigenvalue weighted by molar-refractivity contribution is 5.85. The lowest BCUT2D eigenvalue weighted by Crippen LogP contribution is -2.47. The Hall–Kier alpha value is -3.47. The van der Waals surface area contributed by atoms with Crippen molar-refractivity contribution < 1.29 is 18.3 Å². The first-order valence-corrected chi connectivity index (χ1v) is 8.82. The lowest BCUT2D eigenvalue weighted by atomic mass is 9.80. The molecule has 0 N–H and O–H groups in total. The SMILES string of the molecule is O=c1oc2ccccc2c2c1[C@H]1C[C@](c3ccco3)(Oc3ccccc31)O2. The van der Waals surface area contributed by atoms with Crippen LogP contribution in [0.5, 0.6) is 11.5 Å². The molecule has 4 aromatic rings. The molecule has 0 aliphatic carbocycles. The van der Waals surface area contributed by atoms with Crippen molar-refractivity contribution in [2.75, 3.05) is 0 Å². The molecule has 0 saturated carbocycles. The first-order chi connectivity index (χ1) is 13.3. The Balaban J connectivity index is 1.72. The van der Waals surface area contributed by atoms with Crippen LogP contribution in [0.1, 0.15) is 29.2 Å². The van der Waals surface area contributed by atoms with E-state index in [1.807, 2.05) is 48.5 Å². The molecule has 0 amide bonds. The monoisotopic (exact) mass is 358 g/mol. The number of rotatable bonds is 1. The number of hydrogen-bond donors (Lipinski definition) is 0. The van der Waals surface area contributed by atoms with Crippen LogP contribution >= 0.6 is 0 Å². The van der Waals surface area contributed by atoms with Gasteiger partial charge < -0.3 is 18.3 Å². The van der Waals surface area contributed by atoms with Gasteiger partial charge in [-0.15, -0.1) is 0 Å². The summed E-state index contributed by atoms with van der Waals surface area (Å²) < 4.78 is 24.0. The van der Waals surface area contributed by atoms with Gasteiger partial charge in [0.2, 0.25) is 0 Å². The number of furan rings is 1. The molecule has 2 aromatic carbocycles. The first-order valence-electron chi connectivity index (χ1n) is 8.82. The Labute approximate surface area is 153 Å². The summed E-state index contributed by atoms with van der Waals surface area (Å²) >= 11 is 0. The van der Waals surface area contributed by atoms with Crippen LogP contribution < -0.4 is 15.1 Å². The van der Waals surface area contributed by atoms with Crippen molar-refractivity contribution in [2.45, 2.75) is 18.1 Å². The molecule has 0 radical (unpaired) electrons. The molecule has 2 bridgehead atoms. The Morgan fingerprint density at radius 1 is 0.926 bits per heavy atom. The van der Waals surface area contributed by atoms with Gasteiger partial charge in [0.15, 0.2) is 5.76 Å². The molecule has 0 unspecified atom stereocenters. The molecule has 0 fully saturated rings. The van der Waals surface area contributed by atoms with Crippen LogP contribution in [0.15, 0.2) is 80.6 Å². The van der Waals surface area contributed by atoms with Crippen LogP contribution in [0.3, 0.4) is 0 Å². The summed E-state index contributed by atoms with van der Waals surface area (Å²) in [4.78, 5) is 12.9. The van der Waals surface area contributed by atoms with Crippen LogP contribution in [0, 0.1) is 0 Å². The molecule has 2 aliphatic heterocycles. The van der Waals surface area contributed by atoms with Gasteiger partial charge >= 0.3 is 11.4 Å². The van der Waals surface area contributed by atoms with Gasteiger partial charge in [-0.1, -0.05) is 30.3 Å². The van der Waals surface area contributed by atoms with Gasteiger partial charge in [0.05, 0.1) is 17.2 Å². The minimum atomic E-state index is -1.12. The maximum Gasteiger partial charge on any atom is 0.343 e. The van der Waals surface area contributed by atoms with E-state index in [0.717, 1.165) is 10.9 Å². The Morgan fingerprint density at radius 3 is 2.67 bits per heavy atom. The van der Waals surface area contributed by atoms with E-state index < -0.39 is 5.79 Å². The predicted octanol–water partition coefficient (Wildman–Crippen LogP) is 4.55. The van der Waals surface area contributed by atoms with Gasteiger partial charge in [-0.3, -0.25) is 0 Å². The summed E-state index contributed by atoms with van der Waals surface area (Å²) in [6, 6.07) is 18.7. The van der Waals surface area contributed by atoms with E-state index in [4.69, 9.17) is 18.3 Å². The zero-order chi connectivity index (χ0) is 18.0. The number of para-hydroxylation sites is 2. The van der Waals surface area contributed by atoms with Gasteiger partial charge in [-0.05, 0) is 30.3 Å². The van der Waals surface area contributed by atoms with E-state index in [0.29, 0.717) is 34.8 Å². The largest absolute Gasteiger partial charge is 0.461 e. The maximum absolute atomic E-state index is 12.9. The van der Waals surface area contributed by atoms with Crippen molar-refractivity contribution in [3.8, 4) is 11.5 Å². The zero-order valence-corrected chi connectivity index (χ0v) is 14.2. The van der Waals surface area contributed by atoms with Crippen molar-refractivity contribution >= 4 is 11.0 Å². The lowest BCUT2D eigenvalue weighted by molar-refractivity contribution is -0.161. The van der Waals surface area contributed by atoms with Gasteiger partial charge in [0, 0.05) is 17.9 Å². The lowest BCUT2D eigenvalue weighted by Gasteiger charge is -2.44. The molecule has 0 saturated heterocycles. The summed E-state index contributed by atoms with van der Waals surface area (Å²) in [5.74, 6) is 0.438. The fourth-order valence-electron chi connectivity index (χ4n) is 4.19.